The molecular formula is C9H15N3. The number of hydrazone groups is 1. The Hall–Kier alpha value is -1.25. The molecule has 0 amide bonds. The molecule has 3 heteroatoms. The molecule has 12 heavy (non-hydrogen) atoms. The van der Waals surface area contributed by atoms with Crippen LogP contribution in [0.25, 0.3) is 0 Å². The Kier molecular flexibility index (Phi) is 2.22. The molecule has 0 aliphatic carbocycles. The molecule has 0 fully saturated rings. The van der Waals surface area contributed by atoms with Crippen molar-refractivity contribution in [2.45, 2.75) is 26.3 Å². The Labute approximate surface area is 73.2 Å². The van der Waals surface area contributed by atoms with Crippen LogP contribution >= 0.6 is 0 Å². The minimum absolute atomic E-state index is 0.00542. The van der Waals surface area contributed by atoms with Gasteiger partial charge in [-0.2, -0.15) is 5.10 Å². The molecule has 1 aliphatic rings. The molecule has 3 nitrogen and oxygen atoms in total. The Morgan fingerprint density at radius 2 is 2.08 bits per heavy atom. The smallest absolute Gasteiger partial charge is 0.0704 e. The summed E-state index contributed by atoms with van der Waals surface area (Å²) in [6.07, 6.45) is 7.30. The summed E-state index contributed by atoms with van der Waals surface area (Å²) >= 11 is 0. The summed E-state index contributed by atoms with van der Waals surface area (Å²) in [4.78, 5) is 0. The summed E-state index contributed by atoms with van der Waals surface area (Å²) in [5.74, 6) is 0. The number of nitrogens with zero attached hydrogens (tertiary/aromatic N) is 2. The average Bonchev–Trinajstić information content (AvgIpc) is 2.11. The van der Waals surface area contributed by atoms with Crippen molar-refractivity contribution in [1.82, 2.24) is 5.01 Å². The van der Waals surface area contributed by atoms with E-state index in [9.17, 15) is 0 Å². The van der Waals surface area contributed by atoms with Crippen molar-refractivity contribution in [3.63, 3.8) is 0 Å². The summed E-state index contributed by atoms with van der Waals surface area (Å²) in [5, 5.41) is 6.08. The van der Waals surface area contributed by atoms with Gasteiger partial charge in [0.15, 0.2) is 0 Å². The van der Waals surface area contributed by atoms with Gasteiger partial charge in [-0.15, -0.1) is 0 Å². The second-order valence-electron chi connectivity index (χ2n) is 3.77. The maximum absolute atomic E-state index is 5.57. The van der Waals surface area contributed by atoms with Crippen molar-refractivity contribution >= 4 is 6.21 Å². The van der Waals surface area contributed by atoms with Crippen molar-refractivity contribution in [2.75, 3.05) is 0 Å². The molecule has 0 aromatic carbocycles. The molecule has 0 saturated carbocycles. The number of rotatable bonds is 0. The van der Waals surface area contributed by atoms with Crippen molar-refractivity contribution in [1.29, 1.82) is 0 Å². The highest BCUT2D eigenvalue weighted by Gasteiger charge is 2.16. The van der Waals surface area contributed by atoms with Crippen molar-refractivity contribution < 1.29 is 0 Å². The molecular weight excluding hydrogens is 150 g/mol. The molecule has 1 rings (SSSR count). The van der Waals surface area contributed by atoms with Gasteiger partial charge < -0.3 is 5.73 Å². The first-order valence-corrected chi connectivity index (χ1v) is 3.97. The van der Waals surface area contributed by atoms with E-state index in [1.54, 1.807) is 6.21 Å². The third kappa shape index (κ3) is 2.12. The maximum atomic E-state index is 5.57. The van der Waals surface area contributed by atoms with Crippen molar-refractivity contribution in [2.24, 2.45) is 10.8 Å². The van der Waals surface area contributed by atoms with Gasteiger partial charge >= 0.3 is 0 Å². The first-order chi connectivity index (χ1) is 5.50. The lowest BCUT2D eigenvalue weighted by atomic mass is 10.1. The first-order valence-electron chi connectivity index (χ1n) is 3.97. The molecule has 0 aromatic rings. The average molecular weight is 165 g/mol. The fraction of sp³-hybridized carbons (Fsp3) is 0.444. The normalized spacial score (nSPS) is 17.6. The van der Waals surface area contributed by atoms with Gasteiger partial charge in [-0.3, -0.25) is 5.01 Å². The molecule has 0 radical (unpaired) electrons. The second-order valence-corrected chi connectivity index (χ2v) is 3.77. The fourth-order valence-electron chi connectivity index (χ4n) is 0.843. The molecule has 0 saturated heterocycles. The van der Waals surface area contributed by atoms with Crippen LogP contribution in [0.15, 0.2) is 29.2 Å². The molecule has 66 valence electrons. The molecule has 0 atom stereocenters. The molecule has 0 unspecified atom stereocenters. The van der Waals surface area contributed by atoms with E-state index in [1.165, 1.54) is 0 Å². The van der Waals surface area contributed by atoms with Crippen molar-refractivity contribution in [3.05, 3.63) is 24.0 Å². The zero-order chi connectivity index (χ0) is 9.19. The Bertz CT molecular complexity index is 243. The Balaban J connectivity index is 2.81. The lowest BCUT2D eigenvalue weighted by molar-refractivity contribution is 0.216. The molecule has 0 bridgehead atoms. The van der Waals surface area contributed by atoms with Crippen molar-refractivity contribution in [3.8, 4) is 0 Å². The fourth-order valence-corrected chi connectivity index (χ4v) is 0.843. The maximum Gasteiger partial charge on any atom is 0.0704 e. The third-order valence-corrected chi connectivity index (χ3v) is 1.53. The van der Waals surface area contributed by atoms with Crippen LogP contribution in [-0.4, -0.2) is 16.8 Å². The van der Waals surface area contributed by atoms with Crippen LogP contribution in [0, 0.1) is 0 Å². The minimum atomic E-state index is 0.00542. The van der Waals surface area contributed by atoms with Gasteiger partial charge in [-0.1, -0.05) is 0 Å². The topological polar surface area (TPSA) is 41.6 Å². The van der Waals surface area contributed by atoms with Crippen LogP contribution in [0.5, 0.6) is 0 Å². The predicted molar refractivity (Wildman–Crippen MR) is 51.5 cm³/mol. The number of hydrogen-bond acceptors (Lipinski definition) is 3. The lowest BCUT2D eigenvalue weighted by Gasteiger charge is -2.29. The minimum Gasteiger partial charge on any atom is -0.397 e. The second kappa shape index (κ2) is 3.01. The molecule has 0 spiro atoms. The van der Waals surface area contributed by atoms with Gasteiger partial charge in [0.1, 0.15) is 0 Å². The highest BCUT2D eigenvalue weighted by molar-refractivity contribution is 5.77. The zero-order valence-electron chi connectivity index (χ0n) is 7.78. The van der Waals surface area contributed by atoms with E-state index in [0.717, 1.165) is 0 Å². The van der Waals surface area contributed by atoms with Crippen LogP contribution < -0.4 is 5.73 Å². The van der Waals surface area contributed by atoms with E-state index < -0.39 is 0 Å². The van der Waals surface area contributed by atoms with Gasteiger partial charge in [-0.25, -0.2) is 0 Å². The third-order valence-electron chi connectivity index (χ3n) is 1.53. The van der Waals surface area contributed by atoms with Gasteiger partial charge in [-0.05, 0) is 32.9 Å². The van der Waals surface area contributed by atoms with Gasteiger partial charge in [0, 0.05) is 6.20 Å². The predicted octanol–water partition coefficient (Wildman–Crippen LogP) is 1.44. The summed E-state index contributed by atoms with van der Waals surface area (Å²) in [6.45, 7) is 6.28. The summed E-state index contributed by atoms with van der Waals surface area (Å²) < 4.78 is 0. The first kappa shape index (κ1) is 8.84. The van der Waals surface area contributed by atoms with E-state index in [-0.39, 0.29) is 5.54 Å². The van der Waals surface area contributed by atoms with Crippen LogP contribution in [0.1, 0.15) is 20.8 Å². The van der Waals surface area contributed by atoms with E-state index in [1.807, 2.05) is 23.4 Å². The van der Waals surface area contributed by atoms with Gasteiger partial charge in [0.25, 0.3) is 0 Å². The quantitative estimate of drug-likeness (QED) is 0.590. The number of nitrogens with two attached hydrogens (primary N) is 1. The zero-order valence-corrected chi connectivity index (χ0v) is 7.78. The summed E-state index contributed by atoms with van der Waals surface area (Å²) in [6, 6.07) is 0. The Morgan fingerprint density at radius 1 is 1.42 bits per heavy atom. The lowest BCUT2D eigenvalue weighted by Crippen LogP contribution is -2.32. The molecule has 1 aliphatic heterocycles. The summed E-state index contributed by atoms with van der Waals surface area (Å²) in [7, 11) is 0. The van der Waals surface area contributed by atoms with E-state index in [0.29, 0.717) is 5.70 Å². The SMILES string of the molecule is CC(C)(C)N1C=CC=C(N)C=N1. The van der Waals surface area contributed by atoms with Gasteiger partial charge in [0.05, 0.1) is 17.5 Å². The highest BCUT2D eigenvalue weighted by Crippen LogP contribution is 2.14. The Morgan fingerprint density at radius 3 is 2.67 bits per heavy atom. The monoisotopic (exact) mass is 165 g/mol. The van der Waals surface area contributed by atoms with E-state index in [4.69, 9.17) is 5.73 Å². The standard InChI is InChI=1S/C9H15N3/c1-9(2,3)12-6-4-5-8(10)7-11-12/h4-7H,10H2,1-3H3. The van der Waals surface area contributed by atoms with Crippen LogP contribution in [-0.2, 0) is 0 Å². The molecule has 2 N–H and O–H groups in total. The number of allylic oxidation sites excluding steroid dienone is 3. The number of hydrogen-bond donors (Lipinski definition) is 1. The van der Waals surface area contributed by atoms with Crippen LogP contribution in [0.2, 0.25) is 0 Å². The highest BCUT2D eigenvalue weighted by atomic mass is 15.5. The molecule has 1 heterocycles. The molecule has 0 aromatic heterocycles. The largest absolute Gasteiger partial charge is 0.397 e. The van der Waals surface area contributed by atoms with E-state index in [2.05, 4.69) is 25.9 Å². The van der Waals surface area contributed by atoms with Crippen LogP contribution in [0.3, 0.4) is 0 Å². The van der Waals surface area contributed by atoms with E-state index >= 15 is 0 Å². The van der Waals surface area contributed by atoms with Gasteiger partial charge in [0.2, 0.25) is 0 Å². The summed E-state index contributed by atoms with van der Waals surface area (Å²) in [5.41, 5.74) is 6.26. The van der Waals surface area contributed by atoms with Crippen LogP contribution in [0.4, 0.5) is 0 Å².